The van der Waals surface area contributed by atoms with Gasteiger partial charge in [-0.2, -0.15) is 0 Å². The predicted octanol–water partition coefficient (Wildman–Crippen LogP) is 2.89. The van der Waals surface area contributed by atoms with Crippen LogP contribution in [0.25, 0.3) is 0 Å². The number of hydrogen-bond donors (Lipinski definition) is 2. The summed E-state index contributed by atoms with van der Waals surface area (Å²) in [4.78, 5) is 12.2. The smallest absolute Gasteiger partial charge is 0.261 e. The number of rotatable bonds is 4. The van der Waals surface area contributed by atoms with Crippen LogP contribution in [0.3, 0.4) is 0 Å². The SMILES string of the molecule is CC(Oc1cccc(Br)c1)C(=O)NC1CCCNC1C.Cl. The number of halogens is 2. The van der Waals surface area contributed by atoms with Gasteiger partial charge in [-0.25, -0.2) is 0 Å². The monoisotopic (exact) mass is 376 g/mol. The lowest BCUT2D eigenvalue weighted by Gasteiger charge is -2.31. The fourth-order valence-electron chi connectivity index (χ4n) is 2.34. The minimum absolute atomic E-state index is 0. The molecule has 1 amide bonds. The van der Waals surface area contributed by atoms with Gasteiger partial charge >= 0.3 is 0 Å². The summed E-state index contributed by atoms with van der Waals surface area (Å²) in [7, 11) is 0. The molecule has 0 aromatic heterocycles. The number of ether oxygens (including phenoxy) is 1. The van der Waals surface area contributed by atoms with Crippen LogP contribution in [0.4, 0.5) is 0 Å². The third-order valence-electron chi connectivity index (χ3n) is 3.57. The molecule has 1 aliphatic heterocycles. The number of amides is 1. The Morgan fingerprint density at radius 1 is 1.52 bits per heavy atom. The minimum Gasteiger partial charge on any atom is -0.481 e. The molecule has 0 radical (unpaired) electrons. The second kappa shape index (κ2) is 8.61. The largest absolute Gasteiger partial charge is 0.481 e. The molecule has 1 saturated heterocycles. The normalized spacial score (nSPS) is 22.8. The van der Waals surface area contributed by atoms with Crippen LogP contribution in [0.15, 0.2) is 28.7 Å². The van der Waals surface area contributed by atoms with Gasteiger partial charge in [0.2, 0.25) is 0 Å². The first kappa shape index (κ1) is 18.3. The molecular weight excluding hydrogens is 356 g/mol. The summed E-state index contributed by atoms with van der Waals surface area (Å²) in [5.41, 5.74) is 0. The van der Waals surface area contributed by atoms with Gasteiger partial charge in [0.05, 0.1) is 0 Å². The lowest BCUT2D eigenvalue weighted by atomic mass is 10.00. The molecule has 2 N–H and O–H groups in total. The maximum absolute atomic E-state index is 12.2. The maximum Gasteiger partial charge on any atom is 0.261 e. The van der Waals surface area contributed by atoms with Crippen molar-refractivity contribution in [3.63, 3.8) is 0 Å². The van der Waals surface area contributed by atoms with Gasteiger partial charge in [0.25, 0.3) is 5.91 Å². The fourth-order valence-corrected chi connectivity index (χ4v) is 2.72. The van der Waals surface area contributed by atoms with Crippen LogP contribution in [-0.2, 0) is 4.79 Å². The summed E-state index contributed by atoms with van der Waals surface area (Å²) in [6.45, 7) is 4.90. The Balaban J connectivity index is 0.00000220. The van der Waals surface area contributed by atoms with E-state index in [0.717, 1.165) is 23.9 Å². The molecule has 1 fully saturated rings. The van der Waals surface area contributed by atoms with Crippen molar-refractivity contribution < 1.29 is 9.53 Å². The van der Waals surface area contributed by atoms with Crippen LogP contribution in [0, 0.1) is 0 Å². The molecule has 21 heavy (non-hydrogen) atoms. The zero-order valence-corrected chi connectivity index (χ0v) is 14.7. The number of carbonyl (C=O) groups is 1. The first-order valence-corrected chi connectivity index (χ1v) is 7.81. The quantitative estimate of drug-likeness (QED) is 0.848. The van der Waals surface area contributed by atoms with Gasteiger partial charge in [-0.3, -0.25) is 4.79 Å². The van der Waals surface area contributed by atoms with E-state index >= 15 is 0 Å². The van der Waals surface area contributed by atoms with Crippen molar-refractivity contribution in [3.8, 4) is 5.75 Å². The lowest BCUT2D eigenvalue weighted by Crippen LogP contribution is -2.54. The van der Waals surface area contributed by atoms with Crippen LogP contribution in [-0.4, -0.2) is 30.6 Å². The molecule has 118 valence electrons. The van der Waals surface area contributed by atoms with E-state index in [1.54, 1.807) is 6.92 Å². The van der Waals surface area contributed by atoms with Crippen molar-refractivity contribution in [1.82, 2.24) is 10.6 Å². The Morgan fingerprint density at radius 2 is 2.29 bits per heavy atom. The van der Waals surface area contributed by atoms with E-state index in [1.807, 2.05) is 24.3 Å². The van der Waals surface area contributed by atoms with Gasteiger partial charge in [0.15, 0.2) is 6.10 Å². The molecule has 0 spiro atoms. The van der Waals surface area contributed by atoms with E-state index in [0.29, 0.717) is 11.8 Å². The van der Waals surface area contributed by atoms with E-state index < -0.39 is 6.10 Å². The zero-order chi connectivity index (χ0) is 14.5. The molecule has 1 aliphatic rings. The zero-order valence-electron chi connectivity index (χ0n) is 12.3. The second-order valence-corrected chi connectivity index (χ2v) is 6.13. The standard InChI is InChI=1S/C15H21BrN2O2.ClH/c1-10-14(7-4-8-17-10)18-15(19)11(2)20-13-6-3-5-12(16)9-13;/h3,5-6,9-11,14,17H,4,7-8H2,1-2H3,(H,18,19);1H. The van der Waals surface area contributed by atoms with Crippen LogP contribution in [0.2, 0.25) is 0 Å². The molecular formula is C15H22BrClN2O2. The van der Waals surface area contributed by atoms with E-state index in [-0.39, 0.29) is 24.4 Å². The summed E-state index contributed by atoms with van der Waals surface area (Å²) >= 11 is 3.39. The average molecular weight is 378 g/mol. The van der Waals surface area contributed by atoms with Crippen molar-refractivity contribution in [2.75, 3.05) is 6.54 Å². The van der Waals surface area contributed by atoms with E-state index in [1.165, 1.54) is 0 Å². The highest BCUT2D eigenvalue weighted by Gasteiger charge is 2.25. The molecule has 0 bridgehead atoms. The van der Waals surface area contributed by atoms with Crippen LogP contribution < -0.4 is 15.4 Å². The molecule has 3 unspecified atom stereocenters. The molecule has 6 heteroatoms. The second-order valence-electron chi connectivity index (χ2n) is 5.22. The van der Waals surface area contributed by atoms with Crippen molar-refractivity contribution >= 4 is 34.2 Å². The number of benzene rings is 1. The first-order chi connectivity index (χ1) is 9.56. The molecule has 4 nitrogen and oxygen atoms in total. The average Bonchev–Trinajstić information content (AvgIpc) is 2.41. The highest BCUT2D eigenvalue weighted by molar-refractivity contribution is 9.10. The minimum atomic E-state index is -0.501. The molecule has 1 heterocycles. The van der Waals surface area contributed by atoms with Crippen molar-refractivity contribution in [1.29, 1.82) is 0 Å². The van der Waals surface area contributed by atoms with E-state index in [2.05, 4.69) is 33.5 Å². The molecule has 0 saturated carbocycles. The summed E-state index contributed by atoms with van der Waals surface area (Å²) < 4.78 is 6.61. The Hall–Kier alpha value is -0.780. The Kier molecular flexibility index (Phi) is 7.49. The number of nitrogens with one attached hydrogen (secondary N) is 2. The molecule has 1 aromatic rings. The lowest BCUT2D eigenvalue weighted by molar-refractivity contribution is -0.128. The van der Waals surface area contributed by atoms with Gasteiger partial charge in [0, 0.05) is 16.6 Å². The number of hydrogen-bond acceptors (Lipinski definition) is 3. The van der Waals surface area contributed by atoms with Crippen molar-refractivity contribution in [3.05, 3.63) is 28.7 Å². The van der Waals surface area contributed by atoms with Crippen LogP contribution in [0.5, 0.6) is 5.75 Å². The maximum atomic E-state index is 12.2. The summed E-state index contributed by atoms with van der Waals surface area (Å²) in [6, 6.07) is 8.01. The highest BCUT2D eigenvalue weighted by Crippen LogP contribution is 2.19. The fraction of sp³-hybridized carbons (Fsp3) is 0.533. The Bertz CT molecular complexity index is 473. The topological polar surface area (TPSA) is 50.4 Å². The van der Waals surface area contributed by atoms with Gasteiger partial charge in [-0.05, 0) is 51.4 Å². The van der Waals surface area contributed by atoms with Crippen molar-refractivity contribution in [2.45, 2.75) is 44.9 Å². The van der Waals surface area contributed by atoms with Gasteiger partial charge in [0.1, 0.15) is 5.75 Å². The molecule has 1 aromatic carbocycles. The predicted molar refractivity (Wildman–Crippen MR) is 90.1 cm³/mol. The van der Waals surface area contributed by atoms with Crippen LogP contribution >= 0.6 is 28.3 Å². The van der Waals surface area contributed by atoms with Gasteiger partial charge in [-0.15, -0.1) is 12.4 Å². The van der Waals surface area contributed by atoms with E-state index in [9.17, 15) is 4.79 Å². The third-order valence-corrected chi connectivity index (χ3v) is 4.06. The summed E-state index contributed by atoms with van der Waals surface area (Å²) in [5.74, 6) is 0.627. The number of piperidine rings is 1. The van der Waals surface area contributed by atoms with Gasteiger partial charge < -0.3 is 15.4 Å². The van der Waals surface area contributed by atoms with E-state index in [4.69, 9.17) is 4.74 Å². The Labute approximate surface area is 140 Å². The summed E-state index contributed by atoms with van der Waals surface area (Å²) in [5, 5.41) is 6.44. The highest BCUT2D eigenvalue weighted by atomic mass is 79.9. The Morgan fingerprint density at radius 3 is 2.95 bits per heavy atom. The van der Waals surface area contributed by atoms with Crippen molar-refractivity contribution in [2.24, 2.45) is 0 Å². The third kappa shape index (κ3) is 5.49. The first-order valence-electron chi connectivity index (χ1n) is 7.02. The molecule has 2 rings (SSSR count). The molecule has 0 aliphatic carbocycles. The van der Waals surface area contributed by atoms with Crippen LogP contribution in [0.1, 0.15) is 26.7 Å². The van der Waals surface area contributed by atoms with Gasteiger partial charge in [-0.1, -0.05) is 22.0 Å². The number of carbonyl (C=O) groups excluding carboxylic acids is 1. The molecule has 3 atom stereocenters. The summed E-state index contributed by atoms with van der Waals surface area (Å²) in [6.07, 6.45) is 1.61.